The fourth-order valence-corrected chi connectivity index (χ4v) is 2.00. The van der Waals surface area contributed by atoms with Gasteiger partial charge in [0.25, 0.3) is 5.69 Å². The van der Waals surface area contributed by atoms with E-state index in [1.165, 1.54) is 0 Å². The topological polar surface area (TPSA) is 73.0 Å². The molecule has 106 valence electrons. The van der Waals surface area contributed by atoms with Crippen LogP contribution in [0, 0.1) is 17.0 Å². The standard InChI is InChI=1S/C14H18N4O2/c1-3-6-16-13-5-4-12(9-14(13)18(19)20)10-17-8-7-15-11(17)2/h4-5,7-9,16H,3,6,10H2,1-2H3. The van der Waals surface area contributed by atoms with E-state index >= 15 is 0 Å². The number of nitrogens with one attached hydrogen (secondary N) is 1. The van der Waals surface area contributed by atoms with E-state index in [1.54, 1.807) is 18.3 Å². The number of rotatable bonds is 6. The molecule has 0 aliphatic heterocycles. The Morgan fingerprint density at radius 1 is 1.45 bits per heavy atom. The lowest BCUT2D eigenvalue weighted by molar-refractivity contribution is -0.384. The van der Waals surface area contributed by atoms with Crippen LogP contribution in [0.5, 0.6) is 0 Å². The molecule has 0 fully saturated rings. The zero-order valence-electron chi connectivity index (χ0n) is 11.7. The minimum Gasteiger partial charge on any atom is -0.380 e. The van der Waals surface area contributed by atoms with Crippen LogP contribution in [0.25, 0.3) is 0 Å². The summed E-state index contributed by atoms with van der Waals surface area (Å²) in [6.45, 7) is 5.24. The lowest BCUT2D eigenvalue weighted by Crippen LogP contribution is -2.05. The molecule has 1 aromatic heterocycles. The maximum Gasteiger partial charge on any atom is 0.292 e. The largest absolute Gasteiger partial charge is 0.380 e. The van der Waals surface area contributed by atoms with Crippen LogP contribution in [0.15, 0.2) is 30.6 Å². The predicted molar refractivity (Wildman–Crippen MR) is 77.9 cm³/mol. The highest BCUT2D eigenvalue weighted by molar-refractivity contribution is 5.62. The summed E-state index contributed by atoms with van der Waals surface area (Å²) in [5.74, 6) is 0.890. The summed E-state index contributed by atoms with van der Waals surface area (Å²) in [6.07, 6.45) is 4.51. The van der Waals surface area contributed by atoms with Crippen LogP contribution in [-0.4, -0.2) is 21.0 Å². The first-order valence-electron chi connectivity index (χ1n) is 6.60. The molecule has 6 nitrogen and oxygen atoms in total. The molecular weight excluding hydrogens is 256 g/mol. The first kappa shape index (κ1) is 14.0. The molecule has 0 saturated heterocycles. The molecule has 2 rings (SSSR count). The fraction of sp³-hybridized carbons (Fsp3) is 0.357. The Morgan fingerprint density at radius 3 is 2.85 bits per heavy atom. The first-order chi connectivity index (χ1) is 9.61. The molecule has 0 spiro atoms. The van der Waals surface area contributed by atoms with Crippen LogP contribution in [-0.2, 0) is 6.54 Å². The zero-order valence-corrected chi connectivity index (χ0v) is 11.7. The Balaban J connectivity index is 2.25. The van der Waals surface area contributed by atoms with Crippen LogP contribution >= 0.6 is 0 Å². The number of hydrogen-bond donors (Lipinski definition) is 1. The average Bonchev–Trinajstić information content (AvgIpc) is 2.82. The van der Waals surface area contributed by atoms with E-state index in [2.05, 4.69) is 10.3 Å². The van der Waals surface area contributed by atoms with Crippen LogP contribution in [0.3, 0.4) is 0 Å². The van der Waals surface area contributed by atoms with E-state index < -0.39 is 0 Å². The molecule has 0 unspecified atom stereocenters. The Morgan fingerprint density at radius 2 is 2.25 bits per heavy atom. The molecule has 6 heteroatoms. The van der Waals surface area contributed by atoms with Gasteiger partial charge in [-0.25, -0.2) is 4.98 Å². The zero-order chi connectivity index (χ0) is 14.5. The van der Waals surface area contributed by atoms with Crippen molar-refractivity contribution in [3.63, 3.8) is 0 Å². The summed E-state index contributed by atoms with van der Waals surface area (Å²) in [7, 11) is 0. The molecule has 2 aromatic rings. The number of imidazole rings is 1. The Hall–Kier alpha value is -2.37. The summed E-state index contributed by atoms with van der Waals surface area (Å²) in [4.78, 5) is 15.0. The summed E-state index contributed by atoms with van der Waals surface area (Å²) < 4.78 is 1.96. The summed E-state index contributed by atoms with van der Waals surface area (Å²) >= 11 is 0. The van der Waals surface area contributed by atoms with Crippen molar-refractivity contribution in [2.24, 2.45) is 0 Å². The third kappa shape index (κ3) is 3.14. The van der Waals surface area contributed by atoms with Crippen molar-refractivity contribution in [1.29, 1.82) is 0 Å². The molecule has 1 heterocycles. The van der Waals surface area contributed by atoms with Gasteiger partial charge in [-0.05, 0) is 25.0 Å². The van der Waals surface area contributed by atoms with Crippen molar-refractivity contribution in [2.45, 2.75) is 26.8 Å². The molecule has 0 atom stereocenters. The number of nitrogens with zero attached hydrogens (tertiary/aromatic N) is 3. The second kappa shape index (κ2) is 6.18. The SMILES string of the molecule is CCCNc1ccc(Cn2ccnc2C)cc1[N+](=O)[O-]. The molecule has 0 saturated carbocycles. The van der Waals surface area contributed by atoms with Gasteiger partial charge in [-0.15, -0.1) is 0 Å². The minimum atomic E-state index is -0.345. The van der Waals surface area contributed by atoms with Crippen molar-refractivity contribution in [3.05, 3.63) is 52.1 Å². The van der Waals surface area contributed by atoms with Crippen LogP contribution in [0.2, 0.25) is 0 Å². The van der Waals surface area contributed by atoms with Crippen molar-refractivity contribution in [3.8, 4) is 0 Å². The highest BCUT2D eigenvalue weighted by Crippen LogP contribution is 2.26. The van der Waals surface area contributed by atoms with E-state index in [4.69, 9.17) is 0 Å². The first-order valence-corrected chi connectivity index (χ1v) is 6.60. The monoisotopic (exact) mass is 274 g/mol. The van der Waals surface area contributed by atoms with Gasteiger partial charge in [0.15, 0.2) is 0 Å². The van der Waals surface area contributed by atoms with Crippen LogP contribution in [0.1, 0.15) is 24.7 Å². The minimum absolute atomic E-state index is 0.119. The molecule has 0 radical (unpaired) electrons. The number of hydrogen-bond acceptors (Lipinski definition) is 4. The van der Waals surface area contributed by atoms with Gasteiger partial charge in [-0.2, -0.15) is 0 Å². The number of aryl methyl sites for hydroxylation is 1. The smallest absolute Gasteiger partial charge is 0.292 e. The normalized spacial score (nSPS) is 10.5. The summed E-state index contributed by atoms with van der Waals surface area (Å²) in [5, 5.41) is 14.2. The van der Waals surface area contributed by atoms with E-state index in [-0.39, 0.29) is 10.6 Å². The quantitative estimate of drug-likeness (QED) is 0.649. The summed E-state index contributed by atoms with van der Waals surface area (Å²) in [6, 6.07) is 5.30. The Labute approximate surface area is 117 Å². The highest BCUT2D eigenvalue weighted by atomic mass is 16.6. The van der Waals surface area contributed by atoms with Crippen molar-refractivity contribution < 1.29 is 4.92 Å². The molecule has 0 bridgehead atoms. The van der Waals surface area contributed by atoms with E-state index in [9.17, 15) is 10.1 Å². The number of aromatic nitrogens is 2. The van der Waals surface area contributed by atoms with Crippen LogP contribution < -0.4 is 5.32 Å². The summed E-state index contributed by atoms with van der Waals surface area (Å²) in [5.41, 5.74) is 1.58. The van der Waals surface area contributed by atoms with Crippen molar-refractivity contribution in [2.75, 3.05) is 11.9 Å². The second-order valence-electron chi connectivity index (χ2n) is 4.64. The van der Waals surface area contributed by atoms with Gasteiger partial charge >= 0.3 is 0 Å². The van der Waals surface area contributed by atoms with Gasteiger partial charge < -0.3 is 9.88 Å². The van der Waals surface area contributed by atoms with Gasteiger partial charge in [0, 0.05) is 31.5 Å². The molecule has 1 N–H and O–H groups in total. The Bertz CT molecular complexity index is 607. The van der Waals surface area contributed by atoms with E-state index in [0.29, 0.717) is 12.2 Å². The highest BCUT2D eigenvalue weighted by Gasteiger charge is 2.14. The van der Waals surface area contributed by atoms with Gasteiger partial charge in [0.2, 0.25) is 0 Å². The number of anilines is 1. The van der Waals surface area contributed by atoms with Gasteiger partial charge in [-0.1, -0.05) is 13.0 Å². The molecule has 0 aliphatic carbocycles. The number of nitro benzene ring substituents is 1. The lowest BCUT2D eigenvalue weighted by Gasteiger charge is -2.09. The van der Waals surface area contributed by atoms with Crippen molar-refractivity contribution in [1.82, 2.24) is 9.55 Å². The van der Waals surface area contributed by atoms with Crippen LogP contribution in [0.4, 0.5) is 11.4 Å². The number of benzene rings is 1. The molecule has 0 aliphatic rings. The number of nitro groups is 1. The molecule has 20 heavy (non-hydrogen) atoms. The molecule has 1 aromatic carbocycles. The van der Waals surface area contributed by atoms with Crippen molar-refractivity contribution >= 4 is 11.4 Å². The molecule has 0 amide bonds. The maximum atomic E-state index is 11.2. The third-order valence-electron chi connectivity index (χ3n) is 3.10. The van der Waals surface area contributed by atoms with Gasteiger partial charge in [-0.3, -0.25) is 10.1 Å². The lowest BCUT2D eigenvalue weighted by atomic mass is 10.1. The van der Waals surface area contributed by atoms with E-state index in [1.807, 2.05) is 30.7 Å². The fourth-order valence-electron chi connectivity index (χ4n) is 2.00. The second-order valence-corrected chi connectivity index (χ2v) is 4.64. The predicted octanol–water partition coefficient (Wildman–Crippen LogP) is 2.97. The molecular formula is C14H18N4O2. The Kier molecular flexibility index (Phi) is 4.34. The van der Waals surface area contributed by atoms with Gasteiger partial charge in [0.1, 0.15) is 11.5 Å². The maximum absolute atomic E-state index is 11.2. The van der Waals surface area contributed by atoms with Gasteiger partial charge in [0.05, 0.1) is 4.92 Å². The average molecular weight is 274 g/mol. The van der Waals surface area contributed by atoms with E-state index in [0.717, 1.165) is 24.4 Å². The third-order valence-corrected chi connectivity index (χ3v) is 3.10.